The van der Waals surface area contributed by atoms with E-state index in [0.717, 1.165) is 22.7 Å². The molecule has 0 aliphatic rings. The molecule has 2 rings (SSSR count). The van der Waals surface area contributed by atoms with Crippen LogP contribution in [0.4, 0.5) is 17.6 Å². The lowest BCUT2D eigenvalue weighted by Crippen LogP contribution is -1.94. The average Bonchev–Trinajstić information content (AvgIpc) is 2.54. The third-order valence-corrected chi connectivity index (χ3v) is 4.19. The van der Waals surface area contributed by atoms with Crippen LogP contribution in [0.1, 0.15) is 0 Å². The third kappa shape index (κ3) is 1.27. The monoisotopic (exact) mass is 256 g/mol. The fraction of sp³-hybridized carbons (Fsp3) is 0. The molecule has 0 nitrogen and oxygen atoms in total. The van der Waals surface area contributed by atoms with E-state index in [2.05, 4.69) is 12.2 Å². The van der Waals surface area contributed by atoms with Gasteiger partial charge in [0.25, 0.3) is 0 Å². The first-order valence-electron chi connectivity index (χ1n) is 3.28. The summed E-state index contributed by atoms with van der Waals surface area (Å²) in [4.78, 5) is 0. The number of halogens is 4. The smallest absolute Gasteiger partial charge is 0.199 e. The lowest BCUT2D eigenvalue weighted by molar-refractivity contribution is 0.419. The maximum absolute atomic E-state index is 13.0. The van der Waals surface area contributed by atoms with Gasteiger partial charge in [0.2, 0.25) is 0 Å². The summed E-state index contributed by atoms with van der Waals surface area (Å²) in [5.41, 5.74) is 0. The molecule has 0 amide bonds. The van der Waals surface area contributed by atoms with Crippen molar-refractivity contribution in [2.75, 3.05) is 0 Å². The fourth-order valence-electron chi connectivity index (χ4n) is 0.961. The predicted molar refractivity (Wildman–Crippen MR) is 50.4 cm³/mol. The minimum Gasteiger partial charge on any atom is -0.202 e. The van der Waals surface area contributed by atoms with E-state index in [1.54, 1.807) is 0 Å². The third-order valence-electron chi connectivity index (χ3n) is 1.55. The number of hydrogen-bond acceptors (Lipinski definition) is 3. The highest BCUT2D eigenvalue weighted by molar-refractivity contribution is 7.77. The Morgan fingerprint density at radius 2 is 1.07 bits per heavy atom. The highest BCUT2D eigenvalue weighted by atomic mass is 32.2. The van der Waals surface area contributed by atoms with E-state index in [9.17, 15) is 17.6 Å². The van der Waals surface area contributed by atoms with Gasteiger partial charge in [-0.2, -0.15) is 0 Å². The molecule has 1 aromatic heterocycles. The zero-order valence-electron chi connectivity index (χ0n) is 6.24. The highest BCUT2D eigenvalue weighted by Gasteiger charge is 2.22. The van der Waals surface area contributed by atoms with Crippen LogP contribution in [0.25, 0.3) is 9.40 Å². The minimum absolute atomic E-state index is 0.225. The molecule has 7 heteroatoms. The second-order valence-corrected chi connectivity index (χ2v) is 5.59. The van der Waals surface area contributed by atoms with Crippen LogP contribution >= 0.6 is 34.9 Å². The zero-order valence-corrected chi connectivity index (χ0v) is 8.69. The molecule has 2 aromatic rings. The maximum atomic E-state index is 13.0. The normalized spacial score (nSPS) is 11.1. The van der Waals surface area contributed by atoms with Crippen LogP contribution in [0.3, 0.4) is 0 Å². The summed E-state index contributed by atoms with van der Waals surface area (Å²) in [7, 11) is 0. The Morgan fingerprint density at radius 1 is 0.714 bits per heavy atom. The summed E-state index contributed by atoms with van der Waals surface area (Å²) < 4.78 is 51.2. The van der Waals surface area contributed by atoms with Gasteiger partial charge >= 0.3 is 0 Å². The number of benzene rings is 1. The summed E-state index contributed by atoms with van der Waals surface area (Å²) in [6.45, 7) is 0. The van der Waals surface area contributed by atoms with Crippen molar-refractivity contribution in [3.8, 4) is 0 Å². The molecule has 74 valence electrons. The van der Waals surface area contributed by atoms with Crippen molar-refractivity contribution in [3.05, 3.63) is 26.4 Å². The Labute approximate surface area is 88.4 Å². The van der Waals surface area contributed by atoms with Gasteiger partial charge in [0, 0.05) is 0 Å². The first-order valence-corrected chi connectivity index (χ1v) is 5.32. The lowest BCUT2D eigenvalue weighted by Gasteiger charge is -1.97. The SMILES string of the molecule is Fc1c(F)c(F)c2sc(=S)sc2c1F. The van der Waals surface area contributed by atoms with Gasteiger partial charge in [-0.25, -0.2) is 17.6 Å². The topological polar surface area (TPSA) is 0 Å². The van der Waals surface area contributed by atoms with Crippen LogP contribution in [0, 0.1) is 26.4 Å². The van der Waals surface area contributed by atoms with Gasteiger partial charge in [-0.1, -0.05) is 12.2 Å². The van der Waals surface area contributed by atoms with E-state index >= 15 is 0 Å². The summed E-state index contributed by atoms with van der Waals surface area (Å²) in [6, 6.07) is 0. The maximum Gasteiger partial charge on any atom is 0.199 e. The van der Waals surface area contributed by atoms with Gasteiger partial charge in [0.05, 0.1) is 9.40 Å². The molecule has 1 aromatic carbocycles. The van der Waals surface area contributed by atoms with Crippen molar-refractivity contribution in [1.29, 1.82) is 0 Å². The molecule has 0 aliphatic carbocycles. The summed E-state index contributed by atoms with van der Waals surface area (Å²) in [5.74, 6) is -6.34. The molecular weight excluding hydrogens is 256 g/mol. The Balaban J connectivity index is 3.08. The molecule has 0 unspecified atom stereocenters. The Hall–Kier alpha value is -0.530. The molecule has 0 radical (unpaired) electrons. The Bertz CT molecular complexity index is 520. The largest absolute Gasteiger partial charge is 0.202 e. The lowest BCUT2D eigenvalue weighted by atomic mass is 10.3. The van der Waals surface area contributed by atoms with Gasteiger partial charge in [0.15, 0.2) is 23.3 Å². The van der Waals surface area contributed by atoms with Crippen molar-refractivity contribution >= 4 is 44.3 Å². The standard InChI is InChI=1S/C7F4S3/c8-1-2(9)4(11)6-5(3(1)10)13-7(12)14-6. The molecule has 0 atom stereocenters. The first kappa shape index (κ1) is 10.0. The fourth-order valence-corrected chi connectivity index (χ4v) is 3.43. The van der Waals surface area contributed by atoms with Crippen LogP contribution in [0.5, 0.6) is 0 Å². The second-order valence-electron chi connectivity index (χ2n) is 2.37. The van der Waals surface area contributed by atoms with Crippen LogP contribution in [-0.2, 0) is 0 Å². The van der Waals surface area contributed by atoms with E-state index in [4.69, 9.17) is 0 Å². The van der Waals surface area contributed by atoms with E-state index in [-0.39, 0.29) is 12.5 Å². The van der Waals surface area contributed by atoms with Crippen LogP contribution in [-0.4, -0.2) is 0 Å². The second kappa shape index (κ2) is 3.25. The first-order chi connectivity index (χ1) is 6.52. The van der Waals surface area contributed by atoms with Crippen molar-refractivity contribution in [3.63, 3.8) is 0 Å². The predicted octanol–water partition coefficient (Wildman–Crippen LogP) is 4.25. The van der Waals surface area contributed by atoms with Gasteiger partial charge in [-0.05, 0) is 0 Å². The molecule has 0 bridgehead atoms. The van der Waals surface area contributed by atoms with Crippen molar-refractivity contribution in [1.82, 2.24) is 0 Å². The quantitative estimate of drug-likeness (QED) is 0.294. The molecule has 1 heterocycles. The van der Waals surface area contributed by atoms with E-state index in [1.165, 1.54) is 0 Å². The molecule has 0 fully saturated rings. The van der Waals surface area contributed by atoms with Crippen molar-refractivity contribution < 1.29 is 17.6 Å². The van der Waals surface area contributed by atoms with Gasteiger partial charge in [-0.15, -0.1) is 22.7 Å². The molecule has 0 aliphatic heterocycles. The summed E-state index contributed by atoms with van der Waals surface area (Å²) in [5, 5.41) is 0. The molecule has 0 N–H and O–H groups in total. The number of rotatable bonds is 0. The van der Waals surface area contributed by atoms with Crippen LogP contribution in [0.2, 0.25) is 0 Å². The molecule has 14 heavy (non-hydrogen) atoms. The molecule has 0 saturated heterocycles. The molecule has 0 spiro atoms. The minimum atomic E-state index is -1.79. The van der Waals surface area contributed by atoms with E-state index in [1.807, 2.05) is 0 Å². The van der Waals surface area contributed by atoms with Crippen molar-refractivity contribution in [2.24, 2.45) is 0 Å². The van der Waals surface area contributed by atoms with Crippen molar-refractivity contribution in [2.45, 2.75) is 0 Å². The van der Waals surface area contributed by atoms with Gasteiger partial charge in [0.1, 0.15) is 3.14 Å². The Morgan fingerprint density at radius 3 is 1.43 bits per heavy atom. The van der Waals surface area contributed by atoms with Crippen LogP contribution < -0.4 is 0 Å². The summed E-state index contributed by atoms with van der Waals surface area (Å²) in [6.07, 6.45) is 0. The number of fused-ring (bicyclic) bond motifs is 1. The summed E-state index contributed by atoms with van der Waals surface area (Å²) >= 11 is 6.13. The number of hydrogen-bond donors (Lipinski definition) is 0. The highest BCUT2D eigenvalue weighted by Crippen LogP contribution is 2.35. The molecule has 0 saturated carbocycles. The molecular formula is C7F4S3. The van der Waals surface area contributed by atoms with Gasteiger partial charge < -0.3 is 0 Å². The van der Waals surface area contributed by atoms with E-state index < -0.39 is 23.3 Å². The van der Waals surface area contributed by atoms with E-state index in [0.29, 0.717) is 0 Å². The average molecular weight is 256 g/mol. The zero-order chi connectivity index (χ0) is 10.5. The van der Waals surface area contributed by atoms with Crippen LogP contribution in [0.15, 0.2) is 0 Å². The Kier molecular flexibility index (Phi) is 2.32. The van der Waals surface area contributed by atoms with Gasteiger partial charge in [-0.3, -0.25) is 0 Å².